The van der Waals surface area contributed by atoms with Gasteiger partial charge < -0.3 is 5.32 Å². The Morgan fingerprint density at radius 3 is 2.65 bits per heavy atom. The number of benzene rings is 2. The summed E-state index contributed by atoms with van der Waals surface area (Å²) in [6.07, 6.45) is 1.76. The molecule has 2 aromatic rings. The lowest BCUT2D eigenvalue weighted by Crippen LogP contribution is -2.51. The van der Waals surface area contributed by atoms with Gasteiger partial charge in [-0.15, -0.1) is 0 Å². The molecular formula is C19H17N3O4. The number of hydrogen-bond donors (Lipinski definition) is 1. The van der Waals surface area contributed by atoms with E-state index < -0.39 is 16.5 Å². The van der Waals surface area contributed by atoms with Crippen molar-refractivity contribution in [3.05, 3.63) is 75.3 Å². The molecule has 1 fully saturated rings. The monoisotopic (exact) mass is 351 g/mol. The molecule has 1 spiro atoms. The van der Waals surface area contributed by atoms with Crippen molar-refractivity contribution < 1.29 is 14.5 Å². The van der Waals surface area contributed by atoms with Gasteiger partial charge in [-0.05, 0) is 29.5 Å². The quantitative estimate of drug-likeness (QED) is 0.522. The smallest absolute Gasteiger partial charge is 0.323 e. The highest BCUT2D eigenvalue weighted by molar-refractivity contribution is 6.07. The van der Waals surface area contributed by atoms with Crippen molar-refractivity contribution in [2.75, 3.05) is 0 Å². The number of nitro groups is 1. The number of non-ortho nitro benzene ring substituents is 1. The summed E-state index contributed by atoms with van der Waals surface area (Å²) in [4.78, 5) is 37.1. The summed E-state index contributed by atoms with van der Waals surface area (Å²) >= 11 is 0. The fourth-order valence-corrected chi connectivity index (χ4v) is 3.80. The zero-order chi connectivity index (χ0) is 18.3. The fourth-order valence-electron chi connectivity index (χ4n) is 3.80. The van der Waals surface area contributed by atoms with Crippen molar-refractivity contribution in [3.63, 3.8) is 0 Å². The van der Waals surface area contributed by atoms with E-state index >= 15 is 0 Å². The number of rotatable bonds is 3. The largest absolute Gasteiger partial charge is 0.325 e. The van der Waals surface area contributed by atoms with E-state index in [2.05, 4.69) is 5.32 Å². The lowest BCUT2D eigenvalue weighted by molar-refractivity contribution is -0.384. The van der Waals surface area contributed by atoms with E-state index in [4.69, 9.17) is 0 Å². The van der Waals surface area contributed by atoms with Crippen LogP contribution in [0.15, 0.2) is 48.5 Å². The van der Waals surface area contributed by atoms with E-state index in [1.165, 1.54) is 17.7 Å². The number of hydrogen-bond acceptors (Lipinski definition) is 4. The standard InChI is InChI=1S/C19H17N3O4/c23-17-19(9-8-14-5-1-2-6-15(14)11-19)20-18(24)21(17)12-13-4-3-7-16(10-13)22(25)26/h1-7,10H,8-9,11-12H2,(H,20,24). The summed E-state index contributed by atoms with van der Waals surface area (Å²) in [5.74, 6) is -0.261. The Hall–Kier alpha value is -3.22. The molecule has 2 aliphatic rings. The molecule has 1 atom stereocenters. The third-order valence-corrected chi connectivity index (χ3v) is 5.14. The Morgan fingerprint density at radius 1 is 1.12 bits per heavy atom. The van der Waals surface area contributed by atoms with E-state index in [-0.39, 0.29) is 18.1 Å². The van der Waals surface area contributed by atoms with Crippen LogP contribution in [0.1, 0.15) is 23.1 Å². The SMILES string of the molecule is O=C1NC2(CCc3ccccc3C2)C(=O)N1Cc1cccc([N+](=O)[O-])c1. The predicted molar refractivity (Wildman–Crippen MR) is 93.4 cm³/mol. The highest BCUT2D eigenvalue weighted by Crippen LogP contribution is 2.34. The van der Waals surface area contributed by atoms with Crippen LogP contribution in [0.4, 0.5) is 10.5 Å². The molecule has 1 N–H and O–H groups in total. The van der Waals surface area contributed by atoms with E-state index in [9.17, 15) is 19.7 Å². The molecule has 1 heterocycles. The second kappa shape index (κ2) is 5.94. The van der Waals surface area contributed by atoms with Crippen molar-refractivity contribution in [2.24, 2.45) is 0 Å². The van der Waals surface area contributed by atoms with Gasteiger partial charge in [-0.3, -0.25) is 19.8 Å². The van der Waals surface area contributed by atoms with Gasteiger partial charge in [0.2, 0.25) is 0 Å². The van der Waals surface area contributed by atoms with Crippen LogP contribution >= 0.6 is 0 Å². The summed E-state index contributed by atoms with van der Waals surface area (Å²) in [6, 6.07) is 13.5. The lowest BCUT2D eigenvalue weighted by Gasteiger charge is -2.32. The minimum atomic E-state index is -0.911. The molecule has 0 saturated carbocycles. The number of carbonyl (C=O) groups is 2. The van der Waals surface area contributed by atoms with Crippen molar-refractivity contribution in [1.29, 1.82) is 0 Å². The van der Waals surface area contributed by atoms with Crippen molar-refractivity contribution in [2.45, 2.75) is 31.3 Å². The third-order valence-electron chi connectivity index (χ3n) is 5.14. The van der Waals surface area contributed by atoms with Gasteiger partial charge in [0.05, 0.1) is 11.5 Å². The van der Waals surface area contributed by atoms with Gasteiger partial charge in [0.25, 0.3) is 11.6 Å². The highest BCUT2D eigenvalue weighted by Gasteiger charge is 2.52. The molecule has 1 unspecified atom stereocenters. The van der Waals surface area contributed by atoms with Gasteiger partial charge >= 0.3 is 6.03 Å². The molecule has 2 aromatic carbocycles. The first-order valence-corrected chi connectivity index (χ1v) is 8.43. The second-order valence-corrected chi connectivity index (χ2v) is 6.78. The van der Waals surface area contributed by atoms with E-state index in [0.29, 0.717) is 18.4 Å². The predicted octanol–water partition coefficient (Wildman–Crippen LogP) is 2.57. The van der Waals surface area contributed by atoms with Gasteiger partial charge in [0.15, 0.2) is 0 Å². The normalized spacial score (nSPS) is 21.6. The van der Waals surface area contributed by atoms with Gasteiger partial charge in [-0.2, -0.15) is 0 Å². The zero-order valence-electron chi connectivity index (χ0n) is 14.0. The number of fused-ring (bicyclic) bond motifs is 1. The van der Waals surface area contributed by atoms with E-state index in [0.717, 1.165) is 16.9 Å². The molecule has 132 valence electrons. The van der Waals surface area contributed by atoms with Gasteiger partial charge in [0.1, 0.15) is 5.54 Å². The Labute approximate surface area is 149 Å². The molecule has 0 radical (unpaired) electrons. The molecule has 7 heteroatoms. The molecule has 0 aromatic heterocycles. The van der Waals surface area contributed by atoms with Crippen LogP contribution in [0.2, 0.25) is 0 Å². The number of nitrogens with zero attached hydrogens (tertiary/aromatic N) is 2. The fraction of sp³-hybridized carbons (Fsp3) is 0.263. The van der Waals surface area contributed by atoms with Crippen LogP contribution in [0, 0.1) is 10.1 Å². The average Bonchev–Trinajstić information content (AvgIpc) is 2.86. The van der Waals surface area contributed by atoms with Gasteiger partial charge in [0, 0.05) is 18.6 Å². The number of carbonyl (C=O) groups excluding carboxylic acids is 2. The summed E-state index contributed by atoms with van der Waals surface area (Å²) in [6.45, 7) is 0.0236. The average molecular weight is 351 g/mol. The Bertz CT molecular complexity index is 927. The molecule has 7 nitrogen and oxygen atoms in total. The zero-order valence-corrected chi connectivity index (χ0v) is 14.0. The van der Waals surface area contributed by atoms with Crippen LogP contribution in [0.5, 0.6) is 0 Å². The number of imide groups is 1. The molecule has 3 amide bonds. The molecule has 1 saturated heterocycles. The maximum Gasteiger partial charge on any atom is 0.325 e. The minimum Gasteiger partial charge on any atom is -0.323 e. The van der Waals surface area contributed by atoms with Crippen LogP contribution < -0.4 is 5.32 Å². The topological polar surface area (TPSA) is 92.6 Å². The molecule has 1 aliphatic heterocycles. The number of urea groups is 1. The molecular weight excluding hydrogens is 334 g/mol. The number of nitro benzene ring substituents is 1. The Balaban J connectivity index is 1.59. The van der Waals surface area contributed by atoms with E-state index in [1.807, 2.05) is 24.3 Å². The van der Waals surface area contributed by atoms with Crippen LogP contribution in [-0.2, 0) is 24.2 Å². The Kier molecular flexibility index (Phi) is 3.72. The second-order valence-electron chi connectivity index (χ2n) is 6.78. The first-order chi connectivity index (χ1) is 12.5. The summed E-state index contributed by atoms with van der Waals surface area (Å²) in [7, 11) is 0. The van der Waals surface area contributed by atoms with E-state index in [1.54, 1.807) is 12.1 Å². The lowest BCUT2D eigenvalue weighted by atomic mass is 9.78. The van der Waals surface area contributed by atoms with Crippen molar-refractivity contribution in [3.8, 4) is 0 Å². The summed E-state index contributed by atoms with van der Waals surface area (Å²) < 4.78 is 0. The first-order valence-electron chi connectivity index (χ1n) is 8.43. The molecule has 1 aliphatic carbocycles. The van der Waals surface area contributed by atoms with Crippen LogP contribution in [0.3, 0.4) is 0 Å². The maximum atomic E-state index is 13.0. The summed E-state index contributed by atoms with van der Waals surface area (Å²) in [5.41, 5.74) is 1.86. The number of aryl methyl sites for hydroxylation is 1. The van der Waals surface area contributed by atoms with Gasteiger partial charge in [-0.25, -0.2) is 4.79 Å². The maximum absolute atomic E-state index is 13.0. The van der Waals surface area contributed by atoms with Crippen LogP contribution in [0.25, 0.3) is 0 Å². The van der Waals surface area contributed by atoms with Gasteiger partial charge in [-0.1, -0.05) is 36.4 Å². The Morgan fingerprint density at radius 2 is 1.88 bits per heavy atom. The van der Waals surface area contributed by atoms with Crippen LogP contribution in [-0.4, -0.2) is 27.3 Å². The minimum absolute atomic E-state index is 0.0236. The van der Waals surface area contributed by atoms with Crippen molar-refractivity contribution >= 4 is 17.6 Å². The number of amides is 3. The first kappa shape index (κ1) is 16.3. The molecule has 0 bridgehead atoms. The summed E-state index contributed by atoms with van der Waals surface area (Å²) in [5, 5.41) is 13.8. The third kappa shape index (κ3) is 2.61. The molecule has 26 heavy (non-hydrogen) atoms. The van der Waals surface area contributed by atoms with Crippen molar-refractivity contribution in [1.82, 2.24) is 10.2 Å². The number of nitrogens with one attached hydrogen (secondary N) is 1. The molecule has 4 rings (SSSR count). The highest BCUT2D eigenvalue weighted by atomic mass is 16.6.